The van der Waals surface area contributed by atoms with Gasteiger partial charge in [0.15, 0.2) is 0 Å². The normalized spacial score (nSPS) is 29.8. The molecule has 1 aliphatic carbocycles. The number of hydrogen-bond donors (Lipinski definition) is 2. The van der Waals surface area contributed by atoms with Crippen molar-refractivity contribution >= 4 is 5.97 Å². The van der Waals surface area contributed by atoms with E-state index in [9.17, 15) is 15.0 Å². The quantitative estimate of drug-likeness (QED) is 0.889. The van der Waals surface area contributed by atoms with Crippen molar-refractivity contribution in [3.05, 3.63) is 29.3 Å². The fourth-order valence-electron chi connectivity index (χ4n) is 3.60. The molecule has 108 valence electrons. The molecule has 1 saturated carbocycles. The van der Waals surface area contributed by atoms with Crippen LogP contribution < -0.4 is 4.74 Å². The Kier molecular flexibility index (Phi) is 3.42. The summed E-state index contributed by atoms with van der Waals surface area (Å²) in [5.74, 6) is -0.181. The second-order valence-corrected chi connectivity index (χ2v) is 6.10. The minimum Gasteiger partial charge on any atom is -0.493 e. The molecule has 1 aromatic carbocycles. The van der Waals surface area contributed by atoms with Crippen LogP contribution in [0.1, 0.15) is 37.0 Å². The second kappa shape index (κ2) is 5.09. The first-order valence-corrected chi connectivity index (χ1v) is 7.22. The van der Waals surface area contributed by atoms with Gasteiger partial charge in [-0.2, -0.15) is 0 Å². The molecule has 4 atom stereocenters. The van der Waals surface area contributed by atoms with Gasteiger partial charge in [0.1, 0.15) is 5.75 Å². The molecule has 4 unspecified atom stereocenters. The fraction of sp³-hybridized carbons (Fsp3) is 0.562. The van der Waals surface area contributed by atoms with Gasteiger partial charge < -0.3 is 14.9 Å². The van der Waals surface area contributed by atoms with Crippen LogP contribution in [0.25, 0.3) is 0 Å². The molecule has 1 aromatic rings. The van der Waals surface area contributed by atoms with Crippen LogP contribution in [0.3, 0.4) is 0 Å². The van der Waals surface area contributed by atoms with Gasteiger partial charge in [-0.05, 0) is 42.0 Å². The molecular formula is C16H20O4. The van der Waals surface area contributed by atoms with E-state index in [2.05, 4.69) is 6.92 Å². The zero-order chi connectivity index (χ0) is 14.3. The SMILES string of the molecule is CC1CC(C(=O)O)C(C(O)c2ccc3c(c2)CCO3)C1. The van der Waals surface area contributed by atoms with Gasteiger partial charge in [-0.1, -0.05) is 13.0 Å². The average molecular weight is 276 g/mol. The summed E-state index contributed by atoms with van der Waals surface area (Å²) in [6, 6.07) is 5.71. The van der Waals surface area contributed by atoms with Crippen molar-refractivity contribution in [2.75, 3.05) is 6.61 Å². The van der Waals surface area contributed by atoms with Gasteiger partial charge in [0.2, 0.25) is 0 Å². The number of rotatable bonds is 3. The molecular weight excluding hydrogens is 256 g/mol. The zero-order valence-corrected chi connectivity index (χ0v) is 11.6. The summed E-state index contributed by atoms with van der Waals surface area (Å²) in [7, 11) is 0. The molecule has 20 heavy (non-hydrogen) atoms. The molecule has 4 nitrogen and oxygen atoms in total. The molecule has 0 aromatic heterocycles. The fourth-order valence-corrected chi connectivity index (χ4v) is 3.60. The van der Waals surface area contributed by atoms with E-state index in [0.717, 1.165) is 29.7 Å². The molecule has 2 aliphatic rings. The predicted octanol–water partition coefficient (Wildman–Crippen LogP) is 2.40. The monoisotopic (exact) mass is 276 g/mol. The van der Waals surface area contributed by atoms with Gasteiger partial charge in [-0.25, -0.2) is 0 Å². The summed E-state index contributed by atoms with van der Waals surface area (Å²) < 4.78 is 5.46. The number of carbonyl (C=O) groups is 1. The Bertz CT molecular complexity index is 525. The lowest BCUT2D eigenvalue weighted by Crippen LogP contribution is -2.23. The van der Waals surface area contributed by atoms with Gasteiger partial charge >= 0.3 is 5.97 Å². The Hall–Kier alpha value is -1.55. The van der Waals surface area contributed by atoms with Gasteiger partial charge in [0, 0.05) is 12.3 Å². The average Bonchev–Trinajstić information content (AvgIpc) is 3.02. The summed E-state index contributed by atoms with van der Waals surface area (Å²) >= 11 is 0. The van der Waals surface area contributed by atoms with E-state index in [-0.39, 0.29) is 5.92 Å². The number of aliphatic carboxylic acids is 1. The molecule has 0 bridgehead atoms. The minimum atomic E-state index is -0.789. The number of aliphatic hydroxyl groups excluding tert-OH is 1. The highest BCUT2D eigenvalue weighted by molar-refractivity contribution is 5.71. The van der Waals surface area contributed by atoms with Crippen molar-refractivity contribution in [2.24, 2.45) is 17.8 Å². The van der Waals surface area contributed by atoms with Crippen LogP contribution in [0.15, 0.2) is 18.2 Å². The van der Waals surface area contributed by atoms with Crippen LogP contribution in [0.2, 0.25) is 0 Å². The summed E-state index contributed by atoms with van der Waals surface area (Å²) in [4.78, 5) is 11.3. The number of carboxylic acids is 1. The Morgan fingerprint density at radius 1 is 1.40 bits per heavy atom. The largest absolute Gasteiger partial charge is 0.493 e. The van der Waals surface area contributed by atoms with E-state index >= 15 is 0 Å². The number of aliphatic hydroxyl groups is 1. The first-order chi connectivity index (χ1) is 9.56. The number of carboxylic acid groups (broad SMARTS) is 1. The van der Waals surface area contributed by atoms with Crippen molar-refractivity contribution in [3.8, 4) is 5.75 Å². The smallest absolute Gasteiger partial charge is 0.306 e. The Balaban J connectivity index is 1.84. The molecule has 2 N–H and O–H groups in total. The minimum absolute atomic E-state index is 0.192. The molecule has 0 spiro atoms. The van der Waals surface area contributed by atoms with Crippen LogP contribution >= 0.6 is 0 Å². The third kappa shape index (κ3) is 2.29. The highest BCUT2D eigenvalue weighted by Crippen LogP contribution is 2.44. The Labute approximate surface area is 118 Å². The van der Waals surface area contributed by atoms with E-state index in [1.165, 1.54) is 0 Å². The van der Waals surface area contributed by atoms with E-state index < -0.39 is 18.0 Å². The van der Waals surface area contributed by atoms with E-state index in [1.807, 2.05) is 18.2 Å². The molecule has 1 fully saturated rings. The molecule has 0 amide bonds. The second-order valence-electron chi connectivity index (χ2n) is 6.10. The summed E-state index contributed by atoms with van der Waals surface area (Å²) in [5, 5.41) is 19.9. The van der Waals surface area contributed by atoms with Crippen molar-refractivity contribution in [1.82, 2.24) is 0 Å². The first-order valence-electron chi connectivity index (χ1n) is 7.22. The standard InChI is InChI=1S/C16H20O4/c1-9-6-12(13(7-9)16(18)19)15(17)11-2-3-14-10(8-11)4-5-20-14/h2-3,8-9,12-13,15,17H,4-7H2,1H3,(H,18,19). The zero-order valence-electron chi connectivity index (χ0n) is 11.6. The maximum Gasteiger partial charge on any atom is 0.306 e. The Morgan fingerprint density at radius 2 is 2.20 bits per heavy atom. The first kappa shape index (κ1) is 13.4. The highest BCUT2D eigenvalue weighted by atomic mass is 16.5. The Morgan fingerprint density at radius 3 is 2.95 bits per heavy atom. The molecule has 4 heteroatoms. The molecule has 0 radical (unpaired) electrons. The number of hydrogen-bond acceptors (Lipinski definition) is 3. The van der Waals surface area contributed by atoms with Gasteiger partial charge in [0.05, 0.1) is 18.6 Å². The van der Waals surface area contributed by atoms with Crippen molar-refractivity contribution < 1.29 is 19.7 Å². The molecule has 3 rings (SSSR count). The summed E-state index contributed by atoms with van der Waals surface area (Å²) in [6.45, 7) is 2.74. The van der Waals surface area contributed by atoms with Crippen molar-refractivity contribution in [1.29, 1.82) is 0 Å². The van der Waals surface area contributed by atoms with Crippen molar-refractivity contribution in [3.63, 3.8) is 0 Å². The lowest BCUT2D eigenvalue weighted by Gasteiger charge is -2.23. The molecule has 0 saturated heterocycles. The van der Waals surface area contributed by atoms with Gasteiger partial charge in [-0.3, -0.25) is 4.79 Å². The van der Waals surface area contributed by atoms with Crippen LogP contribution in [0.5, 0.6) is 5.75 Å². The number of ether oxygens (including phenoxy) is 1. The summed E-state index contributed by atoms with van der Waals surface area (Å²) in [6.07, 6.45) is 1.59. The van der Waals surface area contributed by atoms with E-state index in [1.54, 1.807) is 0 Å². The number of benzene rings is 1. The third-order valence-corrected chi connectivity index (χ3v) is 4.63. The van der Waals surface area contributed by atoms with Crippen LogP contribution in [0.4, 0.5) is 0 Å². The molecule has 1 heterocycles. The maximum atomic E-state index is 11.3. The van der Waals surface area contributed by atoms with E-state index in [4.69, 9.17) is 4.74 Å². The highest BCUT2D eigenvalue weighted by Gasteiger charge is 2.41. The van der Waals surface area contributed by atoms with Gasteiger partial charge in [-0.15, -0.1) is 0 Å². The lowest BCUT2D eigenvalue weighted by atomic mass is 9.86. The molecule has 1 aliphatic heterocycles. The third-order valence-electron chi connectivity index (χ3n) is 4.63. The number of fused-ring (bicyclic) bond motifs is 1. The van der Waals surface area contributed by atoms with Gasteiger partial charge in [0.25, 0.3) is 0 Å². The van der Waals surface area contributed by atoms with Crippen molar-refractivity contribution in [2.45, 2.75) is 32.3 Å². The maximum absolute atomic E-state index is 11.3. The van der Waals surface area contributed by atoms with E-state index in [0.29, 0.717) is 18.9 Å². The van der Waals surface area contributed by atoms with Crippen LogP contribution in [-0.2, 0) is 11.2 Å². The topological polar surface area (TPSA) is 66.8 Å². The lowest BCUT2D eigenvalue weighted by molar-refractivity contribution is -0.144. The van der Waals surface area contributed by atoms with Crippen LogP contribution in [-0.4, -0.2) is 22.8 Å². The van der Waals surface area contributed by atoms with Crippen LogP contribution in [0, 0.1) is 17.8 Å². The summed E-state index contributed by atoms with van der Waals surface area (Å²) in [5.41, 5.74) is 1.93. The predicted molar refractivity (Wildman–Crippen MR) is 73.6 cm³/mol.